The van der Waals surface area contributed by atoms with Crippen molar-refractivity contribution in [2.75, 3.05) is 13.1 Å². The van der Waals surface area contributed by atoms with E-state index in [1.807, 2.05) is 24.3 Å². The maximum Gasteiger partial charge on any atom is 0.170 e. The zero-order chi connectivity index (χ0) is 13.5. The van der Waals surface area contributed by atoms with Crippen LogP contribution in [0.15, 0.2) is 29.4 Å². The minimum atomic E-state index is 0.149. The molecule has 18 heavy (non-hydrogen) atoms. The van der Waals surface area contributed by atoms with E-state index in [0.29, 0.717) is 5.92 Å². The first-order valence-electron chi connectivity index (χ1n) is 6.36. The molecule has 4 nitrogen and oxygen atoms in total. The average molecular weight is 249 g/mol. The molecular formula is C14H23N3O. The molecule has 1 aromatic carbocycles. The minimum Gasteiger partial charge on any atom is -0.409 e. The zero-order valence-corrected chi connectivity index (χ0v) is 11.4. The van der Waals surface area contributed by atoms with Crippen molar-refractivity contribution in [3.63, 3.8) is 0 Å². The van der Waals surface area contributed by atoms with Gasteiger partial charge < -0.3 is 10.9 Å². The van der Waals surface area contributed by atoms with Gasteiger partial charge >= 0.3 is 0 Å². The summed E-state index contributed by atoms with van der Waals surface area (Å²) >= 11 is 0. The molecule has 0 fully saturated rings. The molecule has 0 atom stereocenters. The Hall–Kier alpha value is -1.55. The van der Waals surface area contributed by atoms with Crippen LogP contribution in [0.5, 0.6) is 0 Å². The Balaban J connectivity index is 2.67. The SMILES string of the molecule is CCN(Cc1ccc(/C(N)=N/O)cc1)CC(C)C. The van der Waals surface area contributed by atoms with Gasteiger partial charge in [0.15, 0.2) is 5.84 Å². The highest BCUT2D eigenvalue weighted by Gasteiger charge is 2.06. The topological polar surface area (TPSA) is 61.8 Å². The maximum absolute atomic E-state index is 8.59. The fourth-order valence-corrected chi connectivity index (χ4v) is 1.92. The summed E-state index contributed by atoms with van der Waals surface area (Å²) in [6, 6.07) is 7.81. The molecule has 100 valence electrons. The Bertz CT molecular complexity index is 385. The summed E-state index contributed by atoms with van der Waals surface area (Å²) < 4.78 is 0. The van der Waals surface area contributed by atoms with E-state index >= 15 is 0 Å². The van der Waals surface area contributed by atoms with Crippen LogP contribution in [0.2, 0.25) is 0 Å². The molecule has 4 heteroatoms. The van der Waals surface area contributed by atoms with Gasteiger partial charge in [0.1, 0.15) is 0 Å². The van der Waals surface area contributed by atoms with Gasteiger partial charge in [0, 0.05) is 18.7 Å². The van der Waals surface area contributed by atoms with E-state index in [-0.39, 0.29) is 5.84 Å². The molecule has 0 aliphatic carbocycles. The molecule has 1 rings (SSSR count). The minimum absolute atomic E-state index is 0.149. The quantitative estimate of drug-likeness (QED) is 0.352. The van der Waals surface area contributed by atoms with Gasteiger partial charge in [-0.05, 0) is 18.0 Å². The number of nitrogens with zero attached hydrogens (tertiary/aromatic N) is 2. The third-order valence-corrected chi connectivity index (χ3v) is 2.83. The number of oxime groups is 1. The molecule has 0 aliphatic heterocycles. The number of hydrogen-bond donors (Lipinski definition) is 2. The lowest BCUT2D eigenvalue weighted by Crippen LogP contribution is -2.27. The fourth-order valence-electron chi connectivity index (χ4n) is 1.92. The van der Waals surface area contributed by atoms with Gasteiger partial charge in [0.25, 0.3) is 0 Å². The molecule has 0 amide bonds. The Morgan fingerprint density at radius 3 is 2.39 bits per heavy atom. The highest BCUT2D eigenvalue weighted by Crippen LogP contribution is 2.09. The summed E-state index contributed by atoms with van der Waals surface area (Å²) in [6.07, 6.45) is 0. The molecule has 0 unspecified atom stereocenters. The predicted molar refractivity (Wildman–Crippen MR) is 74.7 cm³/mol. The van der Waals surface area contributed by atoms with E-state index in [0.717, 1.165) is 25.2 Å². The number of benzene rings is 1. The van der Waals surface area contributed by atoms with Crippen LogP contribution in [0.25, 0.3) is 0 Å². The van der Waals surface area contributed by atoms with Crippen molar-refractivity contribution < 1.29 is 5.21 Å². The van der Waals surface area contributed by atoms with Gasteiger partial charge in [0.2, 0.25) is 0 Å². The monoisotopic (exact) mass is 249 g/mol. The summed E-state index contributed by atoms with van der Waals surface area (Å²) in [5.74, 6) is 0.817. The molecule has 0 aromatic heterocycles. The van der Waals surface area contributed by atoms with Gasteiger partial charge in [-0.1, -0.05) is 50.2 Å². The molecular weight excluding hydrogens is 226 g/mol. The first-order chi connectivity index (χ1) is 8.56. The highest BCUT2D eigenvalue weighted by molar-refractivity contribution is 5.96. The van der Waals surface area contributed by atoms with Crippen LogP contribution in [-0.2, 0) is 6.54 Å². The molecule has 0 radical (unpaired) electrons. The number of nitrogens with two attached hydrogens (primary N) is 1. The first kappa shape index (κ1) is 14.5. The third kappa shape index (κ3) is 4.37. The predicted octanol–water partition coefficient (Wildman–Crippen LogP) is 2.26. The number of hydrogen-bond acceptors (Lipinski definition) is 3. The van der Waals surface area contributed by atoms with Crippen molar-refractivity contribution in [2.45, 2.75) is 27.3 Å². The normalized spacial score (nSPS) is 12.4. The van der Waals surface area contributed by atoms with E-state index in [2.05, 4.69) is 30.8 Å². The molecule has 0 spiro atoms. The summed E-state index contributed by atoms with van der Waals surface area (Å²) in [7, 11) is 0. The van der Waals surface area contributed by atoms with Gasteiger partial charge in [-0.2, -0.15) is 0 Å². The van der Waals surface area contributed by atoms with Crippen LogP contribution in [0.4, 0.5) is 0 Å². The first-order valence-corrected chi connectivity index (χ1v) is 6.36. The van der Waals surface area contributed by atoms with Crippen LogP contribution in [0.3, 0.4) is 0 Å². The number of rotatable bonds is 6. The highest BCUT2D eigenvalue weighted by atomic mass is 16.4. The molecule has 1 aromatic rings. The van der Waals surface area contributed by atoms with Crippen LogP contribution in [0.1, 0.15) is 31.9 Å². The van der Waals surface area contributed by atoms with Crippen molar-refractivity contribution >= 4 is 5.84 Å². The second kappa shape index (κ2) is 7.01. The molecule has 3 N–H and O–H groups in total. The molecule has 0 bridgehead atoms. The van der Waals surface area contributed by atoms with Crippen LogP contribution in [-0.4, -0.2) is 29.0 Å². The summed E-state index contributed by atoms with van der Waals surface area (Å²) in [4.78, 5) is 2.41. The second-order valence-corrected chi connectivity index (χ2v) is 4.90. The lowest BCUT2D eigenvalue weighted by molar-refractivity contribution is 0.248. The van der Waals surface area contributed by atoms with Crippen molar-refractivity contribution in [3.8, 4) is 0 Å². The molecule has 0 aliphatic rings. The van der Waals surface area contributed by atoms with E-state index in [1.165, 1.54) is 5.56 Å². The smallest absolute Gasteiger partial charge is 0.170 e. The summed E-state index contributed by atoms with van der Waals surface area (Å²) in [6.45, 7) is 9.70. The zero-order valence-electron chi connectivity index (χ0n) is 11.4. The third-order valence-electron chi connectivity index (χ3n) is 2.83. The lowest BCUT2D eigenvalue weighted by Gasteiger charge is -2.22. The number of amidine groups is 1. The average Bonchev–Trinajstić information content (AvgIpc) is 2.37. The standard InChI is InChI=1S/C14H23N3O/c1-4-17(9-11(2)3)10-12-5-7-13(8-6-12)14(15)16-18/h5-8,11,18H,4,9-10H2,1-3H3,(H2,15,16). The van der Waals surface area contributed by atoms with E-state index in [1.54, 1.807) is 0 Å². The maximum atomic E-state index is 8.59. The largest absolute Gasteiger partial charge is 0.409 e. The van der Waals surface area contributed by atoms with Crippen molar-refractivity contribution in [1.82, 2.24) is 4.90 Å². The van der Waals surface area contributed by atoms with Crippen LogP contribution in [0, 0.1) is 5.92 Å². The van der Waals surface area contributed by atoms with Crippen molar-refractivity contribution in [3.05, 3.63) is 35.4 Å². The van der Waals surface area contributed by atoms with Gasteiger partial charge in [0.05, 0.1) is 0 Å². The van der Waals surface area contributed by atoms with Crippen molar-refractivity contribution in [2.24, 2.45) is 16.8 Å². The Morgan fingerprint density at radius 2 is 1.94 bits per heavy atom. The molecule has 0 saturated heterocycles. The van der Waals surface area contributed by atoms with Gasteiger partial charge in [-0.25, -0.2) is 0 Å². The van der Waals surface area contributed by atoms with Crippen LogP contribution >= 0.6 is 0 Å². The summed E-state index contributed by atoms with van der Waals surface area (Å²) in [5.41, 5.74) is 7.51. The Morgan fingerprint density at radius 1 is 1.33 bits per heavy atom. The van der Waals surface area contributed by atoms with E-state index in [4.69, 9.17) is 10.9 Å². The molecule has 0 saturated carbocycles. The lowest BCUT2D eigenvalue weighted by atomic mass is 10.1. The molecule has 0 heterocycles. The van der Waals surface area contributed by atoms with E-state index < -0.39 is 0 Å². The van der Waals surface area contributed by atoms with Gasteiger partial charge in [-0.15, -0.1) is 0 Å². The van der Waals surface area contributed by atoms with Crippen molar-refractivity contribution in [1.29, 1.82) is 0 Å². The second-order valence-electron chi connectivity index (χ2n) is 4.90. The Labute approximate surface area is 109 Å². The Kier molecular flexibility index (Phi) is 5.65. The van der Waals surface area contributed by atoms with Gasteiger partial charge in [-0.3, -0.25) is 4.90 Å². The van der Waals surface area contributed by atoms with Crippen LogP contribution < -0.4 is 5.73 Å². The van der Waals surface area contributed by atoms with E-state index in [9.17, 15) is 0 Å². The summed E-state index contributed by atoms with van der Waals surface area (Å²) in [5, 5.41) is 11.6. The fraction of sp³-hybridized carbons (Fsp3) is 0.500.